The number of hydrogen-bond donors (Lipinski definition) is 2. The molecule has 0 unspecified atom stereocenters. The lowest BCUT2D eigenvalue weighted by molar-refractivity contribution is 0.252. The molecule has 0 atom stereocenters. The summed E-state index contributed by atoms with van der Waals surface area (Å²) >= 11 is 8.94. The summed E-state index contributed by atoms with van der Waals surface area (Å²) in [6.07, 6.45) is 0. The molecule has 0 aliphatic rings. The van der Waals surface area contributed by atoms with Crippen LogP contribution in [0.2, 0.25) is 5.02 Å². The number of nitrogens with one attached hydrogen (secondary N) is 2. The number of thiophene rings is 1. The van der Waals surface area contributed by atoms with Crippen LogP contribution in [0.5, 0.6) is 0 Å². The Morgan fingerprint density at radius 3 is 3.05 bits per heavy atom. The molecule has 3 rings (SSSR count). The molecule has 4 nitrogen and oxygen atoms in total. The predicted molar refractivity (Wildman–Crippen MR) is 84.8 cm³/mol. The van der Waals surface area contributed by atoms with Crippen LogP contribution in [0.1, 0.15) is 5.01 Å². The zero-order valence-corrected chi connectivity index (χ0v) is 12.6. The Kier molecular flexibility index (Phi) is 3.86. The third-order valence-corrected chi connectivity index (χ3v) is 4.59. The largest absolute Gasteiger partial charge is 0.331 e. The Balaban J connectivity index is 1.63. The Labute approximate surface area is 128 Å². The first-order valence-corrected chi connectivity index (χ1v) is 7.91. The summed E-state index contributed by atoms with van der Waals surface area (Å²) in [5.41, 5.74) is 0.898. The van der Waals surface area contributed by atoms with Gasteiger partial charge in [0.1, 0.15) is 5.01 Å². The second kappa shape index (κ2) is 5.78. The number of benzene rings is 1. The molecule has 0 saturated carbocycles. The van der Waals surface area contributed by atoms with Crippen molar-refractivity contribution >= 4 is 55.5 Å². The Bertz CT molecular complexity index is 739. The summed E-state index contributed by atoms with van der Waals surface area (Å²) in [5, 5.41) is 9.81. The van der Waals surface area contributed by atoms with Gasteiger partial charge in [0.25, 0.3) is 0 Å². The van der Waals surface area contributed by atoms with Crippen molar-refractivity contribution in [3.8, 4) is 0 Å². The van der Waals surface area contributed by atoms with E-state index in [9.17, 15) is 4.79 Å². The molecule has 0 aliphatic heterocycles. The number of amides is 2. The molecule has 20 heavy (non-hydrogen) atoms. The molecule has 0 spiro atoms. The minimum Gasteiger partial charge on any atom is -0.331 e. The summed E-state index contributed by atoms with van der Waals surface area (Å²) < 4.78 is 1.02. The average Bonchev–Trinajstić information content (AvgIpc) is 3.04. The average molecular weight is 324 g/mol. The summed E-state index contributed by atoms with van der Waals surface area (Å²) in [6, 6.07) is 9.07. The van der Waals surface area contributed by atoms with Crippen molar-refractivity contribution in [1.29, 1.82) is 0 Å². The van der Waals surface area contributed by atoms with E-state index >= 15 is 0 Å². The SMILES string of the molecule is O=C(NCc1nc2ccc(Cl)cc2s1)Nc1cccs1. The fourth-order valence-electron chi connectivity index (χ4n) is 1.68. The number of nitrogens with zero attached hydrogens (tertiary/aromatic N) is 1. The van der Waals surface area contributed by atoms with E-state index in [2.05, 4.69) is 15.6 Å². The smallest absolute Gasteiger partial charge is 0.320 e. The molecule has 102 valence electrons. The zero-order valence-electron chi connectivity index (χ0n) is 10.2. The third-order valence-electron chi connectivity index (χ3n) is 2.55. The predicted octanol–water partition coefficient (Wildman–Crippen LogP) is 4.33. The molecule has 2 amide bonds. The van der Waals surface area contributed by atoms with E-state index in [1.54, 1.807) is 0 Å². The van der Waals surface area contributed by atoms with Gasteiger partial charge in [-0.3, -0.25) is 5.32 Å². The van der Waals surface area contributed by atoms with Gasteiger partial charge in [-0.2, -0.15) is 0 Å². The molecule has 0 saturated heterocycles. The molecule has 7 heteroatoms. The van der Waals surface area contributed by atoms with Crippen LogP contribution < -0.4 is 10.6 Å². The maximum absolute atomic E-state index is 11.7. The van der Waals surface area contributed by atoms with E-state index < -0.39 is 0 Å². The monoisotopic (exact) mass is 323 g/mol. The van der Waals surface area contributed by atoms with Crippen LogP contribution in [0.4, 0.5) is 9.80 Å². The summed E-state index contributed by atoms with van der Waals surface area (Å²) in [6.45, 7) is 0.397. The standard InChI is InChI=1S/C13H10ClN3OS2/c14-8-3-4-9-10(6-8)20-12(16-9)7-15-13(18)17-11-2-1-5-19-11/h1-6H,7H2,(H2,15,17,18). The first-order chi connectivity index (χ1) is 9.70. The van der Waals surface area contributed by atoms with Crippen LogP contribution in [0.25, 0.3) is 10.2 Å². The van der Waals surface area contributed by atoms with Gasteiger partial charge in [-0.25, -0.2) is 9.78 Å². The Morgan fingerprint density at radius 1 is 1.35 bits per heavy atom. The van der Waals surface area contributed by atoms with Gasteiger partial charge in [0.15, 0.2) is 0 Å². The first kappa shape index (κ1) is 13.4. The van der Waals surface area contributed by atoms with Crippen LogP contribution in [0.15, 0.2) is 35.7 Å². The topological polar surface area (TPSA) is 54.0 Å². The van der Waals surface area contributed by atoms with Crippen LogP contribution in [0.3, 0.4) is 0 Å². The van der Waals surface area contributed by atoms with Gasteiger partial charge < -0.3 is 5.32 Å². The molecular weight excluding hydrogens is 314 g/mol. The number of halogens is 1. The number of rotatable bonds is 3. The molecule has 2 N–H and O–H groups in total. The number of urea groups is 1. The fourth-order valence-corrected chi connectivity index (χ4v) is 3.48. The highest BCUT2D eigenvalue weighted by Gasteiger charge is 2.07. The van der Waals surface area contributed by atoms with Gasteiger partial charge in [0, 0.05) is 5.02 Å². The minimum atomic E-state index is -0.232. The molecular formula is C13H10ClN3OS2. The zero-order chi connectivity index (χ0) is 13.9. The molecule has 1 aromatic carbocycles. The second-order valence-corrected chi connectivity index (χ2v) is 6.50. The van der Waals surface area contributed by atoms with Crippen molar-refractivity contribution in [3.05, 3.63) is 45.7 Å². The molecule has 2 aromatic heterocycles. The van der Waals surface area contributed by atoms with Crippen molar-refractivity contribution in [1.82, 2.24) is 10.3 Å². The van der Waals surface area contributed by atoms with E-state index in [4.69, 9.17) is 11.6 Å². The van der Waals surface area contributed by atoms with Crippen molar-refractivity contribution in [2.45, 2.75) is 6.54 Å². The van der Waals surface area contributed by atoms with Crippen LogP contribution in [-0.2, 0) is 6.54 Å². The quantitative estimate of drug-likeness (QED) is 0.753. The van der Waals surface area contributed by atoms with Crippen LogP contribution in [0, 0.1) is 0 Å². The van der Waals surface area contributed by atoms with Gasteiger partial charge in [0.05, 0.1) is 21.8 Å². The lowest BCUT2D eigenvalue weighted by atomic mass is 10.3. The van der Waals surface area contributed by atoms with Gasteiger partial charge in [-0.05, 0) is 35.7 Å². The van der Waals surface area contributed by atoms with Crippen molar-refractivity contribution < 1.29 is 4.79 Å². The number of hydrogen-bond acceptors (Lipinski definition) is 4. The number of carbonyl (C=O) groups excluding carboxylic acids is 1. The van der Waals surface area contributed by atoms with E-state index in [-0.39, 0.29) is 6.03 Å². The molecule has 2 heterocycles. The highest BCUT2D eigenvalue weighted by atomic mass is 35.5. The first-order valence-electron chi connectivity index (χ1n) is 5.84. The number of carbonyl (C=O) groups is 1. The van der Waals surface area contributed by atoms with E-state index in [1.807, 2.05) is 35.7 Å². The molecule has 0 aliphatic carbocycles. The summed E-state index contributed by atoms with van der Waals surface area (Å²) in [5.74, 6) is 0. The second-order valence-electron chi connectivity index (χ2n) is 4.00. The van der Waals surface area contributed by atoms with Crippen LogP contribution in [-0.4, -0.2) is 11.0 Å². The Hall–Kier alpha value is -1.63. The number of aromatic nitrogens is 1. The maximum Gasteiger partial charge on any atom is 0.320 e. The lowest BCUT2D eigenvalue weighted by Crippen LogP contribution is -2.27. The van der Waals surface area contributed by atoms with Crippen molar-refractivity contribution in [2.75, 3.05) is 5.32 Å². The number of thiazole rings is 1. The minimum absolute atomic E-state index is 0.232. The summed E-state index contributed by atoms with van der Waals surface area (Å²) in [7, 11) is 0. The van der Waals surface area contributed by atoms with E-state index in [1.165, 1.54) is 22.7 Å². The normalized spacial score (nSPS) is 10.7. The van der Waals surface area contributed by atoms with Gasteiger partial charge >= 0.3 is 6.03 Å². The van der Waals surface area contributed by atoms with Crippen LogP contribution >= 0.6 is 34.3 Å². The number of anilines is 1. The molecule has 0 bridgehead atoms. The Morgan fingerprint density at radius 2 is 2.25 bits per heavy atom. The van der Waals surface area contributed by atoms with Gasteiger partial charge in [-0.15, -0.1) is 22.7 Å². The molecule has 0 fully saturated rings. The highest BCUT2D eigenvalue weighted by molar-refractivity contribution is 7.18. The van der Waals surface area contributed by atoms with Gasteiger partial charge in [-0.1, -0.05) is 11.6 Å². The molecule has 0 radical (unpaired) electrons. The van der Waals surface area contributed by atoms with Crippen molar-refractivity contribution in [3.63, 3.8) is 0 Å². The third kappa shape index (κ3) is 3.09. The maximum atomic E-state index is 11.7. The van der Waals surface area contributed by atoms with E-state index in [0.29, 0.717) is 11.6 Å². The molecule has 3 aromatic rings. The fraction of sp³-hybridized carbons (Fsp3) is 0.0769. The number of fused-ring (bicyclic) bond motifs is 1. The lowest BCUT2D eigenvalue weighted by Gasteiger charge is -2.03. The highest BCUT2D eigenvalue weighted by Crippen LogP contribution is 2.25. The van der Waals surface area contributed by atoms with Gasteiger partial charge in [0.2, 0.25) is 0 Å². The van der Waals surface area contributed by atoms with Crippen molar-refractivity contribution in [2.24, 2.45) is 0 Å². The van der Waals surface area contributed by atoms with E-state index in [0.717, 1.165) is 20.2 Å². The summed E-state index contributed by atoms with van der Waals surface area (Å²) in [4.78, 5) is 16.1.